The number of nitrogens with one attached hydrogen (secondary N) is 1. The van der Waals surface area contributed by atoms with Gasteiger partial charge in [-0.15, -0.1) is 11.3 Å². The van der Waals surface area contributed by atoms with Crippen LogP contribution in [0.15, 0.2) is 6.20 Å². The molecule has 0 spiro atoms. The van der Waals surface area contributed by atoms with Gasteiger partial charge in [0.15, 0.2) is 0 Å². The van der Waals surface area contributed by atoms with Crippen molar-refractivity contribution in [2.75, 3.05) is 13.1 Å². The highest BCUT2D eigenvalue weighted by atomic mass is 32.1. The first-order valence-electron chi connectivity index (χ1n) is 5.56. The zero-order valence-corrected chi connectivity index (χ0v) is 10.2. The molecule has 0 radical (unpaired) electrons. The minimum absolute atomic E-state index is 0.570. The van der Waals surface area contributed by atoms with Crippen LogP contribution < -0.4 is 11.1 Å². The van der Waals surface area contributed by atoms with Gasteiger partial charge in [0.2, 0.25) is 0 Å². The lowest BCUT2D eigenvalue weighted by molar-refractivity contribution is 0.288. The van der Waals surface area contributed by atoms with Crippen LogP contribution in [0.5, 0.6) is 0 Å². The Hall–Kier alpha value is -0.450. The fourth-order valence-electron chi connectivity index (χ4n) is 2.30. The van der Waals surface area contributed by atoms with Gasteiger partial charge in [-0.05, 0) is 32.7 Å². The van der Waals surface area contributed by atoms with E-state index in [0.717, 1.165) is 18.1 Å². The van der Waals surface area contributed by atoms with Gasteiger partial charge < -0.3 is 11.1 Å². The highest BCUT2D eigenvalue weighted by Crippen LogP contribution is 2.34. The molecule has 1 aromatic heterocycles. The summed E-state index contributed by atoms with van der Waals surface area (Å²) in [6.07, 6.45) is 3.22. The van der Waals surface area contributed by atoms with Crippen LogP contribution in [0.2, 0.25) is 0 Å². The molecular formula is C11H19N3S. The second kappa shape index (κ2) is 4.60. The van der Waals surface area contributed by atoms with Gasteiger partial charge >= 0.3 is 0 Å². The maximum Gasteiger partial charge on any atom is 0.0896 e. The molecule has 1 aliphatic heterocycles. The molecule has 0 aromatic carbocycles. The van der Waals surface area contributed by atoms with E-state index in [0.29, 0.717) is 17.9 Å². The molecule has 0 amide bonds. The third-order valence-corrected chi connectivity index (χ3v) is 4.26. The van der Waals surface area contributed by atoms with Crippen molar-refractivity contribution >= 4 is 11.3 Å². The molecule has 0 aliphatic carbocycles. The summed E-state index contributed by atoms with van der Waals surface area (Å²) in [4.78, 5) is 5.76. The molecule has 1 fully saturated rings. The largest absolute Gasteiger partial charge is 0.330 e. The number of nitrogens with two attached hydrogens (primary N) is 1. The normalized spacial score (nSPS) is 31.8. The van der Waals surface area contributed by atoms with Gasteiger partial charge in [-0.3, -0.25) is 0 Å². The summed E-state index contributed by atoms with van der Waals surface area (Å²) in [6.45, 7) is 6.12. The van der Waals surface area contributed by atoms with Crippen LogP contribution in [0, 0.1) is 12.8 Å². The summed E-state index contributed by atoms with van der Waals surface area (Å²) in [5, 5.41) is 4.65. The second-order valence-corrected chi connectivity index (χ2v) is 5.70. The van der Waals surface area contributed by atoms with E-state index in [1.807, 2.05) is 17.5 Å². The quantitative estimate of drug-likeness (QED) is 0.802. The summed E-state index contributed by atoms with van der Waals surface area (Å²) in [5.74, 6) is 1.18. The lowest BCUT2D eigenvalue weighted by Gasteiger charge is -2.34. The second-order valence-electron chi connectivity index (χ2n) is 4.43. The molecule has 3 unspecified atom stereocenters. The predicted octanol–water partition coefficient (Wildman–Crippen LogP) is 1.49. The van der Waals surface area contributed by atoms with E-state index in [9.17, 15) is 0 Å². The molecule has 3 nitrogen and oxygen atoms in total. The lowest BCUT2D eigenvalue weighted by atomic mass is 9.83. The molecule has 84 valence electrons. The van der Waals surface area contributed by atoms with Crippen LogP contribution in [0.25, 0.3) is 0 Å². The van der Waals surface area contributed by atoms with Gasteiger partial charge in [0, 0.05) is 29.6 Å². The number of rotatable bonds is 2. The van der Waals surface area contributed by atoms with Crippen molar-refractivity contribution in [3.05, 3.63) is 16.1 Å². The number of nitrogens with zero attached hydrogens (tertiary/aromatic N) is 1. The molecule has 0 bridgehead atoms. The van der Waals surface area contributed by atoms with Crippen molar-refractivity contribution in [3.8, 4) is 0 Å². The fraction of sp³-hybridized carbons (Fsp3) is 0.727. The summed E-state index contributed by atoms with van der Waals surface area (Å²) in [6, 6.07) is 0.597. The fourth-order valence-corrected chi connectivity index (χ4v) is 3.29. The van der Waals surface area contributed by atoms with Crippen LogP contribution in [0.1, 0.15) is 29.1 Å². The van der Waals surface area contributed by atoms with Gasteiger partial charge in [0.1, 0.15) is 0 Å². The first-order chi connectivity index (χ1) is 7.20. The molecule has 2 rings (SSSR count). The Balaban J connectivity index is 2.16. The number of thiazole rings is 1. The van der Waals surface area contributed by atoms with E-state index < -0.39 is 0 Å². The molecule has 1 aliphatic rings. The average molecular weight is 225 g/mol. The molecule has 2 heterocycles. The van der Waals surface area contributed by atoms with Gasteiger partial charge in [0.25, 0.3) is 0 Å². The Morgan fingerprint density at radius 2 is 2.47 bits per heavy atom. The van der Waals surface area contributed by atoms with Crippen molar-refractivity contribution < 1.29 is 0 Å². The van der Waals surface area contributed by atoms with E-state index in [-0.39, 0.29) is 0 Å². The molecule has 15 heavy (non-hydrogen) atoms. The van der Waals surface area contributed by atoms with Crippen molar-refractivity contribution in [1.29, 1.82) is 0 Å². The number of hydrogen-bond acceptors (Lipinski definition) is 4. The minimum atomic E-state index is 0.570. The Labute approximate surface area is 95.1 Å². The standard InChI is InChI=1S/C11H19N3S/c1-7-3-10(9(4-12)5-13-7)11-6-14-8(2)15-11/h6-7,9-10,13H,3-5,12H2,1-2H3. The molecule has 3 N–H and O–H groups in total. The SMILES string of the molecule is Cc1ncc(C2CC(C)NCC2CN)s1. The van der Waals surface area contributed by atoms with Gasteiger partial charge in [-0.1, -0.05) is 0 Å². The van der Waals surface area contributed by atoms with Crippen LogP contribution >= 0.6 is 11.3 Å². The van der Waals surface area contributed by atoms with E-state index in [4.69, 9.17) is 5.73 Å². The van der Waals surface area contributed by atoms with Gasteiger partial charge in [0.05, 0.1) is 5.01 Å². The van der Waals surface area contributed by atoms with Crippen molar-refractivity contribution in [3.63, 3.8) is 0 Å². The first kappa shape index (κ1) is 11.0. The van der Waals surface area contributed by atoms with E-state index in [1.54, 1.807) is 0 Å². The Kier molecular flexibility index (Phi) is 3.38. The minimum Gasteiger partial charge on any atom is -0.330 e. The number of hydrogen-bond donors (Lipinski definition) is 2. The van der Waals surface area contributed by atoms with Crippen LogP contribution in [-0.4, -0.2) is 24.1 Å². The maximum atomic E-state index is 5.83. The topological polar surface area (TPSA) is 50.9 Å². The molecule has 1 saturated heterocycles. The van der Waals surface area contributed by atoms with Gasteiger partial charge in [-0.2, -0.15) is 0 Å². The molecule has 4 heteroatoms. The zero-order chi connectivity index (χ0) is 10.8. The third-order valence-electron chi connectivity index (χ3n) is 3.21. The Morgan fingerprint density at radius 3 is 3.07 bits per heavy atom. The highest BCUT2D eigenvalue weighted by molar-refractivity contribution is 7.11. The number of aryl methyl sites for hydroxylation is 1. The predicted molar refractivity (Wildman–Crippen MR) is 64.2 cm³/mol. The summed E-state index contributed by atoms with van der Waals surface area (Å²) >= 11 is 1.82. The first-order valence-corrected chi connectivity index (χ1v) is 6.38. The highest BCUT2D eigenvalue weighted by Gasteiger charge is 2.29. The third kappa shape index (κ3) is 2.38. The summed E-state index contributed by atoms with van der Waals surface area (Å²) in [7, 11) is 0. The number of aromatic nitrogens is 1. The van der Waals surface area contributed by atoms with Crippen LogP contribution in [0.3, 0.4) is 0 Å². The molecule has 1 aromatic rings. The summed E-state index contributed by atoms with van der Waals surface area (Å²) < 4.78 is 0. The van der Waals surface area contributed by atoms with E-state index in [2.05, 4.69) is 24.1 Å². The molecule has 3 atom stereocenters. The monoisotopic (exact) mass is 225 g/mol. The maximum absolute atomic E-state index is 5.83. The molecular weight excluding hydrogens is 206 g/mol. The summed E-state index contributed by atoms with van der Waals surface area (Å²) in [5.41, 5.74) is 5.83. The van der Waals surface area contributed by atoms with Crippen molar-refractivity contribution in [2.45, 2.75) is 32.2 Å². The lowest BCUT2D eigenvalue weighted by Crippen LogP contribution is -2.43. The van der Waals surface area contributed by atoms with E-state index in [1.165, 1.54) is 11.3 Å². The smallest absolute Gasteiger partial charge is 0.0896 e. The van der Waals surface area contributed by atoms with E-state index >= 15 is 0 Å². The molecule has 0 saturated carbocycles. The van der Waals surface area contributed by atoms with Crippen LogP contribution in [-0.2, 0) is 0 Å². The number of piperidine rings is 1. The van der Waals surface area contributed by atoms with Gasteiger partial charge in [-0.25, -0.2) is 4.98 Å². The Morgan fingerprint density at radius 1 is 1.67 bits per heavy atom. The average Bonchev–Trinajstić information content (AvgIpc) is 2.65. The van der Waals surface area contributed by atoms with Crippen molar-refractivity contribution in [1.82, 2.24) is 10.3 Å². The van der Waals surface area contributed by atoms with Crippen LogP contribution in [0.4, 0.5) is 0 Å². The van der Waals surface area contributed by atoms with Crippen molar-refractivity contribution in [2.24, 2.45) is 11.7 Å². The zero-order valence-electron chi connectivity index (χ0n) is 9.36. The Bertz CT molecular complexity index is 323.